The van der Waals surface area contributed by atoms with E-state index < -0.39 is 17.7 Å². The van der Waals surface area contributed by atoms with Gasteiger partial charge in [0, 0.05) is 25.2 Å². The van der Waals surface area contributed by atoms with Crippen LogP contribution >= 0.6 is 0 Å². The van der Waals surface area contributed by atoms with Crippen LogP contribution in [0.1, 0.15) is 24.1 Å². The molecule has 152 valence electrons. The minimum absolute atomic E-state index is 0.0311. The third-order valence-corrected chi connectivity index (χ3v) is 5.66. The number of ether oxygens (including phenoxy) is 1. The van der Waals surface area contributed by atoms with Gasteiger partial charge >= 0.3 is 0 Å². The predicted octanol–water partition coefficient (Wildman–Crippen LogP) is 3.65. The van der Waals surface area contributed by atoms with Gasteiger partial charge in [-0.15, -0.1) is 0 Å². The molecule has 2 atom stereocenters. The van der Waals surface area contributed by atoms with Crippen LogP contribution in [0.25, 0.3) is 5.57 Å². The maximum absolute atomic E-state index is 14.4. The smallest absolute Gasteiger partial charge is 0.239 e. The topological polar surface area (TPSA) is 32.8 Å². The Labute approximate surface area is 169 Å². The molecule has 0 spiro atoms. The number of carbonyl (C=O) groups is 1. The van der Waals surface area contributed by atoms with Crippen LogP contribution in [0.4, 0.5) is 8.78 Å². The summed E-state index contributed by atoms with van der Waals surface area (Å²) in [4.78, 5) is 17.0. The lowest BCUT2D eigenvalue weighted by Crippen LogP contribution is -2.50. The molecule has 2 aliphatic heterocycles. The molecule has 6 heteroatoms. The molecular formula is C23H24F2N2O2. The molecule has 0 aromatic heterocycles. The van der Waals surface area contributed by atoms with Crippen LogP contribution in [-0.2, 0) is 9.53 Å². The van der Waals surface area contributed by atoms with Gasteiger partial charge in [-0.1, -0.05) is 36.4 Å². The molecule has 2 aromatic rings. The molecule has 0 N–H and O–H groups in total. The molecule has 1 saturated heterocycles. The van der Waals surface area contributed by atoms with Crippen molar-refractivity contribution in [2.45, 2.75) is 19.0 Å². The van der Waals surface area contributed by atoms with E-state index in [4.69, 9.17) is 4.74 Å². The molecule has 2 heterocycles. The van der Waals surface area contributed by atoms with Crippen LogP contribution in [0.2, 0.25) is 0 Å². The fourth-order valence-corrected chi connectivity index (χ4v) is 4.06. The van der Waals surface area contributed by atoms with Crippen LogP contribution in [0.3, 0.4) is 0 Å². The van der Waals surface area contributed by atoms with Crippen molar-refractivity contribution in [3.63, 3.8) is 0 Å². The number of benzene rings is 2. The number of nitrogens with zero attached hydrogens (tertiary/aromatic N) is 2. The maximum atomic E-state index is 14.4. The number of morpholine rings is 1. The number of hydrogen-bond donors (Lipinski definition) is 0. The zero-order valence-electron chi connectivity index (χ0n) is 16.4. The monoisotopic (exact) mass is 398 g/mol. The van der Waals surface area contributed by atoms with Crippen LogP contribution in [-0.4, -0.2) is 54.6 Å². The van der Waals surface area contributed by atoms with Crippen LogP contribution < -0.4 is 0 Å². The highest BCUT2D eigenvalue weighted by Crippen LogP contribution is 2.37. The van der Waals surface area contributed by atoms with Gasteiger partial charge in [-0.2, -0.15) is 0 Å². The zero-order valence-corrected chi connectivity index (χ0v) is 16.4. The zero-order chi connectivity index (χ0) is 20.4. The Kier molecular flexibility index (Phi) is 5.74. The first-order valence-corrected chi connectivity index (χ1v) is 9.88. The van der Waals surface area contributed by atoms with E-state index in [1.54, 1.807) is 0 Å². The minimum Gasteiger partial charge on any atom is -0.378 e. The molecule has 0 bridgehead atoms. The quantitative estimate of drug-likeness (QED) is 0.788. The van der Waals surface area contributed by atoms with E-state index in [1.807, 2.05) is 53.1 Å². The summed E-state index contributed by atoms with van der Waals surface area (Å²) >= 11 is 0. The molecule has 2 aliphatic rings. The second kappa shape index (κ2) is 8.43. The molecule has 4 rings (SSSR count). The fourth-order valence-electron chi connectivity index (χ4n) is 4.06. The summed E-state index contributed by atoms with van der Waals surface area (Å²) in [5.74, 6) is -0.906. The Morgan fingerprint density at radius 1 is 1.10 bits per heavy atom. The van der Waals surface area contributed by atoms with Gasteiger partial charge in [0.2, 0.25) is 5.91 Å². The van der Waals surface area contributed by atoms with Crippen molar-refractivity contribution < 1.29 is 18.3 Å². The first-order valence-electron chi connectivity index (χ1n) is 9.88. The Morgan fingerprint density at radius 3 is 2.55 bits per heavy atom. The summed E-state index contributed by atoms with van der Waals surface area (Å²) in [5.41, 5.74) is 1.96. The Balaban J connectivity index is 1.65. The summed E-state index contributed by atoms with van der Waals surface area (Å²) in [6.07, 6.45) is 1.94. The molecule has 29 heavy (non-hydrogen) atoms. The first-order chi connectivity index (χ1) is 14.0. The third kappa shape index (κ3) is 4.09. The number of hydrogen-bond acceptors (Lipinski definition) is 3. The lowest BCUT2D eigenvalue weighted by molar-refractivity contribution is -0.140. The van der Waals surface area contributed by atoms with E-state index in [1.165, 1.54) is 6.07 Å². The highest BCUT2D eigenvalue weighted by atomic mass is 19.1. The number of halogens is 2. The lowest BCUT2D eigenvalue weighted by Gasteiger charge is -2.35. The molecule has 0 radical (unpaired) electrons. The second-order valence-electron chi connectivity index (χ2n) is 7.46. The van der Waals surface area contributed by atoms with Crippen LogP contribution in [0.15, 0.2) is 54.6 Å². The summed E-state index contributed by atoms with van der Waals surface area (Å²) in [6, 6.07) is 12.7. The third-order valence-electron chi connectivity index (χ3n) is 5.66. The van der Waals surface area contributed by atoms with Crippen LogP contribution in [0.5, 0.6) is 0 Å². The molecule has 4 nitrogen and oxygen atoms in total. The van der Waals surface area contributed by atoms with E-state index in [0.29, 0.717) is 38.4 Å². The largest absolute Gasteiger partial charge is 0.378 e. The average molecular weight is 398 g/mol. The molecule has 1 unspecified atom stereocenters. The first kappa shape index (κ1) is 19.7. The van der Waals surface area contributed by atoms with Crippen LogP contribution in [0, 0.1) is 11.6 Å². The Bertz CT molecular complexity index is 910. The van der Waals surface area contributed by atoms with Gasteiger partial charge in [-0.05, 0) is 36.3 Å². The number of rotatable bonds is 4. The van der Waals surface area contributed by atoms with Gasteiger partial charge in [0.05, 0.1) is 25.3 Å². The molecule has 1 fully saturated rings. The predicted molar refractivity (Wildman–Crippen MR) is 107 cm³/mol. The molecule has 0 saturated carbocycles. The van der Waals surface area contributed by atoms with Crippen molar-refractivity contribution in [1.82, 2.24) is 9.80 Å². The lowest BCUT2D eigenvalue weighted by atomic mass is 10.0. The van der Waals surface area contributed by atoms with Crippen molar-refractivity contribution in [3.8, 4) is 0 Å². The normalized spacial score (nSPS) is 21.1. The average Bonchev–Trinajstić information content (AvgIpc) is 3.21. The Morgan fingerprint density at radius 2 is 1.83 bits per heavy atom. The standard InChI is InChI=1S/C23H24F2N2O2/c1-16(23(28)26-9-11-29-12-10-26)27-15-18(20-14-19(24)7-8-21(20)25)13-22(27)17-5-3-2-4-6-17/h2-8,13-14,16,22H,9-12,15H2,1H3/t16?,22-/m0/s1. The fraction of sp³-hybridized carbons (Fsp3) is 0.348. The summed E-state index contributed by atoms with van der Waals surface area (Å²) < 4.78 is 33.5. The van der Waals surface area contributed by atoms with Gasteiger partial charge in [0.1, 0.15) is 11.6 Å². The van der Waals surface area contributed by atoms with Gasteiger partial charge in [-0.3, -0.25) is 9.69 Å². The van der Waals surface area contributed by atoms with E-state index >= 15 is 0 Å². The van der Waals surface area contributed by atoms with Gasteiger partial charge in [0.25, 0.3) is 0 Å². The van der Waals surface area contributed by atoms with Crippen molar-refractivity contribution in [3.05, 3.63) is 77.4 Å². The summed E-state index contributed by atoms with van der Waals surface area (Å²) in [5, 5.41) is 0. The maximum Gasteiger partial charge on any atom is 0.239 e. The molecule has 1 amide bonds. The van der Waals surface area contributed by atoms with E-state index in [9.17, 15) is 13.6 Å². The number of amides is 1. The number of carbonyl (C=O) groups excluding carboxylic acids is 1. The van der Waals surface area contributed by atoms with Gasteiger partial charge in [-0.25, -0.2) is 8.78 Å². The SMILES string of the molecule is CC(C(=O)N1CCOCC1)N1CC(c2cc(F)ccc2F)=C[C@H]1c1ccccc1. The minimum atomic E-state index is -0.477. The van der Waals surface area contributed by atoms with E-state index in [2.05, 4.69) is 0 Å². The second-order valence-corrected chi connectivity index (χ2v) is 7.46. The van der Waals surface area contributed by atoms with Crippen molar-refractivity contribution in [1.29, 1.82) is 0 Å². The van der Waals surface area contributed by atoms with Crippen molar-refractivity contribution in [2.24, 2.45) is 0 Å². The van der Waals surface area contributed by atoms with Gasteiger partial charge < -0.3 is 9.64 Å². The molecule has 2 aromatic carbocycles. The molecule has 0 aliphatic carbocycles. The van der Waals surface area contributed by atoms with Crippen molar-refractivity contribution in [2.75, 3.05) is 32.8 Å². The molecular weight excluding hydrogens is 374 g/mol. The highest BCUT2D eigenvalue weighted by Gasteiger charge is 2.36. The summed E-state index contributed by atoms with van der Waals surface area (Å²) in [6.45, 7) is 4.48. The highest BCUT2D eigenvalue weighted by molar-refractivity contribution is 5.83. The van der Waals surface area contributed by atoms with Crippen molar-refractivity contribution >= 4 is 11.5 Å². The Hall–Kier alpha value is -2.57. The van der Waals surface area contributed by atoms with Gasteiger partial charge in [0.15, 0.2) is 0 Å². The summed E-state index contributed by atoms with van der Waals surface area (Å²) in [7, 11) is 0. The van der Waals surface area contributed by atoms with E-state index in [0.717, 1.165) is 17.7 Å². The van der Waals surface area contributed by atoms with E-state index in [-0.39, 0.29) is 17.5 Å².